The third kappa shape index (κ3) is 11.4. The Morgan fingerprint density at radius 3 is 1.89 bits per heavy atom. The number of nitrogens with one attached hydrogen (secondary N) is 1. The number of esters is 1. The van der Waals surface area contributed by atoms with Crippen molar-refractivity contribution in [1.29, 1.82) is 0 Å². The minimum atomic E-state index is -4.73. The standard InChI is InChI=1S/C47H41F2N7O15P2S2/c48-36-33-19-65-72(63,74-22-26-3-15-32(16-4-26)67-46(61)29-9-13-31(58)14-10-29)70-40-34(69-44(37(40)49)55-18-17-35(59)54-47(55)62)20-66-73(64,71-41(36)45(68-33)56-24-53-38-42(50)51-23-52-43(38)56)75-21-25-1-5-27(6-2-25)39(60)28-7-11-30(57)12-8-28/h1-18,23-24,33-34,36-37,40-41,44-45,57-58H,19-22H2,(H2,50,51,52)(H,54,59,62)/t33-,34-,36-,37-,40-,41-,44-,45-,72?,73?/m1/s1. The number of aromatic amines is 1. The van der Waals surface area contributed by atoms with Crippen LogP contribution in [-0.2, 0) is 48.2 Å². The van der Waals surface area contributed by atoms with Crippen molar-refractivity contribution in [2.45, 2.75) is 60.7 Å². The average molecular weight is 1110 g/mol. The van der Waals surface area contributed by atoms with Gasteiger partial charge < -0.3 is 30.2 Å². The Balaban J connectivity index is 0.962. The molecule has 3 aliphatic heterocycles. The van der Waals surface area contributed by atoms with Gasteiger partial charge in [-0.3, -0.25) is 41.8 Å². The van der Waals surface area contributed by atoms with E-state index in [0.717, 1.165) is 23.2 Å². The van der Waals surface area contributed by atoms with Gasteiger partial charge >= 0.3 is 25.3 Å². The maximum atomic E-state index is 17.2. The lowest BCUT2D eigenvalue weighted by atomic mass is 10.0. The molecule has 3 aromatic heterocycles. The number of hydrogen-bond donors (Lipinski definition) is 4. The molecule has 28 heteroatoms. The third-order valence-electron chi connectivity index (χ3n) is 12.0. The lowest BCUT2D eigenvalue weighted by Crippen LogP contribution is -2.36. The molecule has 0 aliphatic carbocycles. The molecule has 3 aliphatic rings. The van der Waals surface area contributed by atoms with Crippen molar-refractivity contribution < 1.29 is 70.0 Å². The van der Waals surface area contributed by atoms with E-state index in [-0.39, 0.29) is 57.1 Å². The number of ether oxygens (including phenoxy) is 3. The quantitative estimate of drug-likeness (QED) is 0.0407. The van der Waals surface area contributed by atoms with Crippen LogP contribution < -0.4 is 21.7 Å². The van der Waals surface area contributed by atoms with Gasteiger partial charge in [-0.25, -0.2) is 42.5 Å². The summed E-state index contributed by atoms with van der Waals surface area (Å²) >= 11 is 1.18. The smallest absolute Gasteiger partial charge is 0.390 e. The molecule has 390 valence electrons. The molecule has 0 saturated carbocycles. The topological polar surface area (TPSA) is 298 Å². The molecule has 4 aromatic carbocycles. The Morgan fingerprint density at radius 2 is 1.27 bits per heavy atom. The normalized spacial score (nSPS) is 26.9. The summed E-state index contributed by atoms with van der Waals surface area (Å²) in [6, 6.07) is 24.3. The summed E-state index contributed by atoms with van der Waals surface area (Å²) < 4.78 is 109. The SMILES string of the molecule is Nc1ncnc2c1ncn2[C@@H]1O[C@@H]2COP(=O)(SCc3ccc(OC(=O)c4ccc(O)cc4)cc3)O[C@H]3[C@@H](F)[C@H](n4ccc(=O)[nH]c4=O)O[C@@H]3COP(=O)(SCc3ccc(C(=O)c4ccc(O)cc4)cc3)O[C@@H]1[C@@H]2F. The number of hydrogen-bond acceptors (Lipinski definition) is 21. The predicted molar refractivity (Wildman–Crippen MR) is 266 cm³/mol. The van der Waals surface area contributed by atoms with Crippen LogP contribution in [-0.4, -0.2) is 101 Å². The van der Waals surface area contributed by atoms with Crippen LogP contribution in [0.15, 0.2) is 132 Å². The first kappa shape index (κ1) is 51.9. The van der Waals surface area contributed by atoms with Crippen molar-refractivity contribution in [3.63, 3.8) is 0 Å². The highest BCUT2D eigenvalue weighted by molar-refractivity contribution is 8.55. The summed E-state index contributed by atoms with van der Waals surface area (Å²) in [6.07, 6.45) is -11.6. The fourth-order valence-electron chi connectivity index (χ4n) is 8.11. The first-order chi connectivity index (χ1) is 36.0. The average Bonchev–Trinajstić information content (AvgIpc) is 4.07. The van der Waals surface area contributed by atoms with Crippen LogP contribution in [0, 0.1) is 0 Å². The zero-order valence-electron chi connectivity index (χ0n) is 38.5. The van der Waals surface area contributed by atoms with Crippen molar-refractivity contribution in [2.75, 3.05) is 18.9 Å². The molecule has 3 saturated heterocycles. The fraction of sp³-hybridized carbons (Fsp3) is 0.255. The summed E-state index contributed by atoms with van der Waals surface area (Å²) in [6.45, 7) is -11.1. The van der Waals surface area contributed by atoms with E-state index in [0.29, 0.717) is 45.0 Å². The summed E-state index contributed by atoms with van der Waals surface area (Å²) in [5.74, 6) is -1.27. The molecular formula is C47H41F2N7O15P2S2. The highest BCUT2D eigenvalue weighted by atomic mass is 32.7. The first-order valence-electron chi connectivity index (χ1n) is 22.5. The number of imidazole rings is 1. The number of alkyl halides is 2. The molecule has 75 heavy (non-hydrogen) atoms. The van der Waals surface area contributed by atoms with Gasteiger partial charge in [0.1, 0.15) is 53.5 Å². The first-order valence-corrected chi connectivity index (χ1v) is 28.8. The molecule has 5 N–H and O–H groups in total. The monoisotopic (exact) mass is 1110 g/mol. The Kier molecular flexibility index (Phi) is 14.9. The van der Waals surface area contributed by atoms with Crippen LogP contribution >= 0.6 is 36.4 Å². The van der Waals surface area contributed by atoms with E-state index in [9.17, 15) is 29.4 Å². The van der Waals surface area contributed by atoms with Crippen LogP contribution in [0.25, 0.3) is 11.2 Å². The van der Waals surface area contributed by atoms with Crippen LogP contribution in [0.4, 0.5) is 14.6 Å². The van der Waals surface area contributed by atoms with Gasteiger partial charge in [-0.1, -0.05) is 36.4 Å². The summed E-state index contributed by atoms with van der Waals surface area (Å²) in [4.78, 5) is 65.4. The molecule has 0 amide bonds. The zero-order valence-corrected chi connectivity index (χ0v) is 41.9. The van der Waals surface area contributed by atoms with Crippen LogP contribution in [0.2, 0.25) is 0 Å². The maximum Gasteiger partial charge on any atom is 0.390 e. The van der Waals surface area contributed by atoms with Crippen molar-refractivity contribution in [2.24, 2.45) is 0 Å². The molecule has 2 bridgehead atoms. The molecule has 10 rings (SSSR count). The minimum absolute atomic E-state index is 0.0159. The van der Waals surface area contributed by atoms with Gasteiger partial charge in [-0.15, -0.1) is 0 Å². The second kappa shape index (κ2) is 21.6. The highest BCUT2D eigenvalue weighted by Gasteiger charge is 2.55. The molecule has 0 spiro atoms. The number of phenolic OH excluding ortho intramolecular Hbond substituents is 2. The number of benzene rings is 4. The molecule has 10 atom stereocenters. The van der Waals surface area contributed by atoms with E-state index >= 15 is 17.9 Å². The molecule has 22 nitrogen and oxygen atoms in total. The number of anilines is 1. The van der Waals surface area contributed by atoms with E-state index < -0.39 is 93.2 Å². The van der Waals surface area contributed by atoms with Crippen LogP contribution in [0.5, 0.6) is 17.2 Å². The Morgan fingerprint density at radius 1 is 0.707 bits per heavy atom. The van der Waals surface area contributed by atoms with E-state index in [1.165, 1.54) is 83.7 Å². The number of carbonyl (C=O) groups excluding carboxylic acids is 2. The molecule has 0 radical (unpaired) electrons. The third-order valence-corrected chi connectivity index (χ3v) is 19.3. The number of phenols is 2. The summed E-state index contributed by atoms with van der Waals surface area (Å²) in [5, 5.41) is 19.3. The summed E-state index contributed by atoms with van der Waals surface area (Å²) in [7, 11) is 0. The van der Waals surface area contributed by atoms with E-state index in [2.05, 4.69) is 15.0 Å². The largest absolute Gasteiger partial charge is 0.508 e. The van der Waals surface area contributed by atoms with Gasteiger partial charge in [0, 0.05) is 34.9 Å². The van der Waals surface area contributed by atoms with Crippen molar-refractivity contribution in [1.82, 2.24) is 29.1 Å². The minimum Gasteiger partial charge on any atom is -0.508 e. The molecule has 3 fully saturated rings. The number of nitrogens with zero attached hydrogens (tertiary/aromatic N) is 5. The number of rotatable bonds is 12. The number of carbonyl (C=O) groups is 2. The maximum absolute atomic E-state index is 17.2. The second-order valence-electron chi connectivity index (χ2n) is 16.9. The Bertz CT molecular complexity index is 3470. The number of nitrogen functional groups attached to an aromatic ring is 1. The molecule has 2 unspecified atom stereocenters. The van der Waals surface area contributed by atoms with E-state index in [1.807, 2.05) is 4.98 Å². The number of fused-ring (bicyclic) bond motifs is 4. The van der Waals surface area contributed by atoms with Crippen molar-refractivity contribution in [3.05, 3.63) is 171 Å². The lowest BCUT2D eigenvalue weighted by molar-refractivity contribution is -0.0576. The Labute approximate surface area is 430 Å². The number of ketones is 1. The predicted octanol–water partition coefficient (Wildman–Crippen LogP) is 7.19. The van der Waals surface area contributed by atoms with Gasteiger partial charge in [-0.05, 0) is 94.6 Å². The van der Waals surface area contributed by atoms with Gasteiger partial charge in [-0.2, -0.15) is 0 Å². The number of aromatic hydroxyl groups is 2. The van der Waals surface area contributed by atoms with Gasteiger partial charge in [0.25, 0.3) is 5.56 Å². The lowest BCUT2D eigenvalue weighted by Gasteiger charge is -2.28. The highest BCUT2D eigenvalue weighted by Crippen LogP contribution is 2.67. The fourth-order valence-corrected chi connectivity index (χ4v) is 14.8. The van der Waals surface area contributed by atoms with Gasteiger partial charge in [0.2, 0.25) is 0 Å². The molecular weight excluding hydrogens is 1070 g/mol. The number of halogens is 2. The van der Waals surface area contributed by atoms with Gasteiger partial charge in [0.15, 0.2) is 42.0 Å². The van der Waals surface area contributed by atoms with Crippen molar-refractivity contribution >= 4 is 65.1 Å². The second-order valence-corrected chi connectivity index (χ2v) is 25.0. The Hall–Kier alpha value is -6.57. The zero-order chi connectivity index (χ0) is 52.6. The van der Waals surface area contributed by atoms with Crippen LogP contribution in [0.3, 0.4) is 0 Å². The van der Waals surface area contributed by atoms with Crippen molar-refractivity contribution in [3.8, 4) is 17.2 Å². The summed E-state index contributed by atoms with van der Waals surface area (Å²) in [5.41, 5.74) is 6.18. The molecule has 7 aromatic rings. The number of nitrogens with two attached hydrogens (primary N) is 1. The van der Waals surface area contributed by atoms with Crippen LogP contribution in [0.1, 0.15) is 49.9 Å². The van der Waals surface area contributed by atoms with Gasteiger partial charge in [0.05, 0.1) is 25.1 Å². The number of H-pyrrole nitrogens is 1. The molecule has 6 heterocycles. The number of aromatic nitrogens is 6. The van der Waals surface area contributed by atoms with E-state index in [4.69, 9.17) is 38.0 Å². The van der Waals surface area contributed by atoms with E-state index in [1.54, 1.807) is 24.3 Å².